The molecule has 0 amide bonds. The maximum Gasteiger partial charge on any atom is 0.271 e. The van der Waals surface area contributed by atoms with Gasteiger partial charge in [0.2, 0.25) is 5.79 Å². The number of nitrogen functional groups attached to an aromatic ring is 1. The predicted molar refractivity (Wildman–Crippen MR) is 104 cm³/mol. The fourth-order valence-electron chi connectivity index (χ4n) is 3.50. The van der Waals surface area contributed by atoms with Gasteiger partial charge in [-0.3, -0.25) is 4.79 Å². The fraction of sp³-hybridized carbons (Fsp3) is 0.238. The zero-order chi connectivity index (χ0) is 20.1. The maximum atomic E-state index is 12.4. The van der Waals surface area contributed by atoms with Gasteiger partial charge in [-0.15, -0.1) is 0 Å². The van der Waals surface area contributed by atoms with Gasteiger partial charge in [-0.1, -0.05) is 18.2 Å². The Hall–Kier alpha value is -3.16. The van der Waals surface area contributed by atoms with Gasteiger partial charge >= 0.3 is 0 Å². The standard InChI is InChI=1S/C21H21N3O4/c1-20(2)21(26,27)19(15-12-13(22)8-10-17(15)28-20)16-9-11-18(25)24(23-16)14-6-4-3-5-7-14/h3-12,19,26-27H,22H2,1-2H3. The van der Waals surface area contributed by atoms with Crippen LogP contribution >= 0.6 is 0 Å². The number of fused-ring (bicyclic) bond motifs is 1. The second-order valence-corrected chi connectivity index (χ2v) is 7.41. The highest BCUT2D eigenvalue weighted by atomic mass is 16.6. The van der Waals surface area contributed by atoms with Crippen molar-refractivity contribution in [3.8, 4) is 11.4 Å². The lowest BCUT2D eigenvalue weighted by molar-refractivity contribution is -0.269. The van der Waals surface area contributed by atoms with Crippen LogP contribution in [0.15, 0.2) is 65.5 Å². The molecule has 0 saturated heterocycles. The molecule has 28 heavy (non-hydrogen) atoms. The summed E-state index contributed by atoms with van der Waals surface area (Å²) in [5, 5.41) is 26.5. The normalized spacial score (nSPS) is 19.5. The Balaban J connectivity index is 1.95. The van der Waals surface area contributed by atoms with E-state index in [1.807, 2.05) is 6.07 Å². The van der Waals surface area contributed by atoms with E-state index < -0.39 is 17.3 Å². The number of nitrogens with two attached hydrogens (primary N) is 1. The molecule has 3 aromatic rings. The van der Waals surface area contributed by atoms with E-state index in [1.165, 1.54) is 16.8 Å². The number of aromatic nitrogens is 2. The molecule has 1 unspecified atom stereocenters. The molecule has 1 aliphatic rings. The van der Waals surface area contributed by atoms with Gasteiger partial charge in [0, 0.05) is 17.3 Å². The molecule has 2 heterocycles. The first-order valence-electron chi connectivity index (χ1n) is 8.89. The van der Waals surface area contributed by atoms with Gasteiger partial charge < -0.3 is 20.7 Å². The van der Waals surface area contributed by atoms with Gasteiger partial charge in [-0.05, 0) is 50.2 Å². The summed E-state index contributed by atoms with van der Waals surface area (Å²) in [4.78, 5) is 12.4. The molecule has 1 aromatic heterocycles. The number of ether oxygens (including phenoxy) is 1. The SMILES string of the molecule is CC1(C)Oc2ccc(N)cc2C(c2ccc(=O)n(-c3ccccc3)n2)C1(O)O. The van der Waals surface area contributed by atoms with Crippen molar-refractivity contribution >= 4 is 5.69 Å². The lowest BCUT2D eigenvalue weighted by Crippen LogP contribution is -2.60. The summed E-state index contributed by atoms with van der Waals surface area (Å²) in [5.74, 6) is -2.77. The number of aliphatic hydroxyl groups is 2. The van der Waals surface area contributed by atoms with Gasteiger partial charge in [0.05, 0.1) is 17.3 Å². The summed E-state index contributed by atoms with van der Waals surface area (Å²) < 4.78 is 7.06. The highest BCUT2D eigenvalue weighted by Crippen LogP contribution is 2.49. The molecule has 0 radical (unpaired) electrons. The average molecular weight is 379 g/mol. The van der Waals surface area contributed by atoms with E-state index in [2.05, 4.69) is 5.10 Å². The summed E-state index contributed by atoms with van der Waals surface area (Å²) in [5.41, 5.74) is 6.13. The van der Waals surface area contributed by atoms with Crippen LogP contribution in [-0.2, 0) is 0 Å². The number of anilines is 1. The molecule has 0 saturated carbocycles. The molecule has 7 nitrogen and oxygen atoms in total. The molecule has 0 bridgehead atoms. The van der Waals surface area contributed by atoms with Gasteiger partial charge in [0.15, 0.2) is 5.60 Å². The highest BCUT2D eigenvalue weighted by Gasteiger charge is 2.56. The largest absolute Gasteiger partial charge is 0.482 e. The second-order valence-electron chi connectivity index (χ2n) is 7.41. The molecule has 4 N–H and O–H groups in total. The van der Waals surface area contributed by atoms with Crippen LogP contribution in [0.25, 0.3) is 5.69 Å². The first kappa shape index (κ1) is 18.2. The lowest BCUT2D eigenvalue weighted by atomic mass is 9.76. The first-order chi connectivity index (χ1) is 13.2. The predicted octanol–water partition coefficient (Wildman–Crippen LogP) is 1.80. The molecular formula is C21H21N3O4. The van der Waals surface area contributed by atoms with Gasteiger partial charge in [-0.2, -0.15) is 9.78 Å². The third-order valence-corrected chi connectivity index (χ3v) is 5.12. The first-order valence-corrected chi connectivity index (χ1v) is 8.89. The molecule has 0 spiro atoms. The molecule has 0 aliphatic carbocycles. The second kappa shape index (κ2) is 6.19. The molecule has 1 atom stereocenters. The zero-order valence-electron chi connectivity index (χ0n) is 15.5. The van der Waals surface area contributed by atoms with E-state index in [-0.39, 0.29) is 5.56 Å². The van der Waals surface area contributed by atoms with Crippen molar-refractivity contribution in [1.29, 1.82) is 0 Å². The average Bonchev–Trinajstić information content (AvgIpc) is 2.65. The van der Waals surface area contributed by atoms with Crippen LogP contribution in [0.4, 0.5) is 5.69 Å². The molecule has 144 valence electrons. The maximum absolute atomic E-state index is 12.4. The van der Waals surface area contributed by atoms with E-state index in [0.29, 0.717) is 28.4 Å². The van der Waals surface area contributed by atoms with Crippen molar-refractivity contribution in [3.63, 3.8) is 0 Å². The molecule has 7 heteroatoms. The Morgan fingerprint density at radius 3 is 2.50 bits per heavy atom. The fourth-order valence-corrected chi connectivity index (χ4v) is 3.50. The van der Waals surface area contributed by atoms with Crippen LogP contribution < -0.4 is 16.0 Å². The number of nitrogens with zero attached hydrogens (tertiary/aromatic N) is 2. The summed E-state index contributed by atoms with van der Waals surface area (Å²) in [6, 6.07) is 16.8. The third kappa shape index (κ3) is 2.76. The van der Waals surface area contributed by atoms with Crippen LogP contribution in [0.1, 0.15) is 31.0 Å². The van der Waals surface area contributed by atoms with Crippen molar-refractivity contribution in [2.24, 2.45) is 0 Å². The van der Waals surface area contributed by atoms with Crippen molar-refractivity contribution in [2.45, 2.75) is 31.2 Å². The molecular weight excluding hydrogens is 358 g/mol. The third-order valence-electron chi connectivity index (χ3n) is 5.12. The number of benzene rings is 2. The van der Waals surface area contributed by atoms with Crippen LogP contribution in [0, 0.1) is 0 Å². The van der Waals surface area contributed by atoms with Crippen LogP contribution in [0.3, 0.4) is 0 Å². The molecule has 1 aliphatic heterocycles. The summed E-state index contributed by atoms with van der Waals surface area (Å²) in [7, 11) is 0. The minimum atomic E-state index is -2.29. The smallest absolute Gasteiger partial charge is 0.271 e. The number of hydrogen-bond donors (Lipinski definition) is 3. The van der Waals surface area contributed by atoms with E-state index >= 15 is 0 Å². The van der Waals surface area contributed by atoms with Crippen LogP contribution in [0.5, 0.6) is 5.75 Å². The van der Waals surface area contributed by atoms with Crippen molar-refractivity contribution in [1.82, 2.24) is 9.78 Å². The summed E-state index contributed by atoms with van der Waals surface area (Å²) >= 11 is 0. The Morgan fingerprint density at radius 1 is 1.07 bits per heavy atom. The van der Waals surface area contributed by atoms with E-state index in [9.17, 15) is 15.0 Å². The Morgan fingerprint density at radius 2 is 1.79 bits per heavy atom. The van der Waals surface area contributed by atoms with Crippen molar-refractivity contribution in [2.75, 3.05) is 5.73 Å². The number of rotatable bonds is 2. The molecule has 2 aromatic carbocycles. The van der Waals surface area contributed by atoms with Crippen LogP contribution in [-0.4, -0.2) is 31.4 Å². The van der Waals surface area contributed by atoms with E-state index in [0.717, 1.165) is 0 Å². The molecule has 0 fully saturated rings. The number of para-hydroxylation sites is 1. The summed E-state index contributed by atoms with van der Waals surface area (Å²) in [6.45, 7) is 3.18. The van der Waals surface area contributed by atoms with Crippen molar-refractivity contribution < 1.29 is 14.9 Å². The number of hydrogen-bond acceptors (Lipinski definition) is 6. The Kier molecular flexibility index (Phi) is 4.02. The minimum absolute atomic E-state index is 0.316. The Bertz CT molecular complexity index is 1090. The van der Waals surface area contributed by atoms with E-state index in [1.54, 1.807) is 56.3 Å². The van der Waals surface area contributed by atoms with Gasteiger partial charge in [-0.25, -0.2) is 0 Å². The topological polar surface area (TPSA) is 111 Å². The minimum Gasteiger partial charge on any atom is -0.482 e. The van der Waals surface area contributed by atoms with Gasteiger partial charge in [0.25, 0.3) is 5.56 Å². The monoisotopic (exact) mass is 379 g/mol. The Labute approximate surface area is 161 Å². The zero-order valence-corrected chi connectivity index (χ0v) is 15.5. The van der Waals surface area contributed by atoms with E-state index in [4.69, 9.17) is 10.5 Å². The summed E-state index contributed by atoms with van der Waals surface area (Å²) in [6.07, 6.45) is 0. The highest BCUT2D eigenvalue weighted by molar-refractivity contribution is 5.54. The van der Waals surface area contributed by atoms with Crippen LogP contribution in [0.2, 0.25) is 0 Å². The van der Waals surface area contributed by atoms with Crippen molar-refractivity contribution in [3.05, 3.63) is 82.3 Å². The van der Waals surface area contributed by atoms with Gasteiger partial charge in [0.1, 0.15) is 5.75 Å². The quantitative estimate of drug-likeness (QED) is 0.463. The molecule has 4 rings (SSSR count). The lowest BCUT2D eigenvalue weighted by Gasteiger charge is -2.47.